The highest BCUT2D eigenvalue weighted by Gasteiger charge is 2.19. The van der Waals surface area contributed by atoms with Crippen LogP contribution in [-0.4, -0.2) is 5.16 Å². The van der Waals surface area contributed by atoms with Crippen LogP contribution in [0.4, 0.5) is 0 Å². The molecule has 0 saturated heterocycles. The largest absolute Gasteiger partial charge is 0.361 e. The molecule has 1 fully saturated rings. The van der Waals surface area contributed by atoms with Crippen LogP contribution in [0, 0.1) is 0 Å². The van der Waals surface area contributed by atoms with Gasteiger partial charge in [0.15, 0.2) is 0 Å². The van der Waals surface area contributed by atoms with E-state index in [4.69, 9.17) is 4.52 Å². The number of hydrogen-bond donors (Lipinski definition) is 0. The van der Waals surface area contributed by atoms with Crippen molar-refractivity contribution in [2.45, 2.75) is 31.6 Å². The molecule has 0 spiro atoms. The van der Waals surface area contributed by atoms with Gasteiger partial charge in [-0.05, 0) is 12.8 Å². The summed E-state index contributed by atoms with van der Waals surface area (Å²) in [5.41, 5.74) is 0. The van der Waals surface area contributed by atoms with Crippen LogP contribution in [0.5, 0.6) is 0 Å². The van der Waals surface area contributed by atoms with Gasteiger partial charge in [0.2, 0.25) is 0 Å². The van der Waals surface area contributed by atoms with Crippen LogP contribution in [-0.2, 0) is 0 Å². The van der Waals surface area contributed by atoms with Gasteiger partial charge in [0.1, 0.15) is 5.76 Å². The highest BCUT2D eigenvalue weighted by molar-refractivity contribution is 5.03. The van der Waals surface area contributed by atoms with E-state index in [1.54, 1.807) is 6.20 Å². The average Bonchev–Trinajstić information content (AvgIpc) is 2.59. The molecule has 1 aromatic heterocycles. The van der Waals surface area contributed by atoms with E-state index in [0.717, 1.165) is 5.76 Å². The molecular weight excluding hydrogens is 126 g/mol. The van der Waals surface area contributed by atoms with E-state index in [-0.39, 0.29) is 0 Å². The third kappa shape index (κ3) is 0.939. The van der Waals surface area contributed by atoms with E-state index in [2.05, 4.69) is 5.16 Å². The molecular formula is C8H11NO. The lowest BCUT2D eigenvalue weighted by Crippen LogP contribution is -1.87. The second-order valence-electron chi connectivity index (χ2n) is 2.90. The van der Waals surface area contributed by atoms with Crippen LogP contribution >= 0.6 is 0 Å². The van der Waals surface area contributed by atoms with Crippen LogP contribution in [0.2, 0.25) is 0 Å². The Hall–Kier alpha value is -0.790. The molecule has 0 unspecified atom stereocenters. The number of hydrogen-bond acceptors (Lipinski definition) is 2. The zero-order valence-electron chi connectivity index (χ0n) is 5.92. The Labute approximate surface area is 60.2 Å². The topological polar surface area (TPSA) is 26.0 Å². The molecule has 0 atom stereocenters. The summed E-state index contributed by atoms with van der Waals surface area (Å²) >= 11 is 0. The quantitative estimate of drug-likeness (QED) is 0.593. The van der Waals surface area contributed by atoms with Gasteiger partial charge in [-0.25, -0.2) is 0 Å². The Morgan fingerprint density at radius 1 is 1.40 bits per heavy atom. The van der Waals surface area contributed by atoms with Crippen LogP contribution in [0.1, 0.15) is 37.4 Å². The molecule has 2 heteroatoms. The SMILES string of the molecule is c1cc(C2CCCC2)on1. The summed E-state index contributed by atoms with van der Waals surface area (Å²) in [6.45, 7) is 0. The second-order valence-corrected chi connectivity index (χ2v) is 2.90. The summed E-state index contributed by atoms with van der Waals surface area (Å²) in [5.74, 6) is 1.75. The van der Waals surface area contributed by atoms with Gasteiger partial charge in [-0.2, -0.15) is 0 Å². The summed E-state index contributed by atoms with van der Waals surface area (Å²) in [6, 6.07) is 1.98. The highest BCUT2D eigenvalue weighted by atomic mass is 16.5. The van der Waals surface area contributed by atoms with Gasteiger partial charge < -0.3 is 4.52 Å². The van der Waals surface area contributed by atoms with E-state index in [0.29, 0.717) is 5.92 Å². The molecule has 0 bridgehead atoms. The van der Waals surface area contributed by atoms with Crippen LogP contribution in [0.15, 0.2) is 16.8 Å². The Morgan fingerprint density at radius 2 is 2.20 bits per heavy atom. The molecule has 0 N–H and O–H groups in total. The first kappa shape index (κ1) is 5.96. The van der Waals surface area contributed by atoms with E-state index in [9.17, 15) is 0 Å². The molecule has 0 radical (unpaired) electrons. The Bertz CT molecular complexity index is 187. The second kappa shape index (κ2) is 2.45. The smallest absolute Gasteiger partial charge is 0.139 e. The minimum atomic E-state index is 0.669. The zero-order valence-corrected chi connectivity index (χ0v) is 5.92. The summed E-state index contributed by atoms with van der Waals surface area (Å²) in [6.07, 6.45) is 7.01. The van der Waals surface area contributed by atoms with Crippen molar-refractivity contribution in [1.29, 1.82) is 0 Å². The standard InChI is InChI=1S/C8H11NO/c1-2-4-7(3-1)8-5-6-9-10-8/h5-7H,1-4H2. The van der Waals surface area contributed by atoms with Crippen molar-refractivity contribution < 1.29 is 4.52 Å². The van der Waals surface area contributed by atoms with Crippen molar-refractivity contribution in [3.63, 3.8) is 0 Å². The van der Waals surface area contributed by atoms with Crippen molar-refractivity contribution in [2.24, 2.45) is 0 Å². The van der Waals surface area contributed by atoms with E-state index >= 15 is 0 Å². The number of nitrogens with zero attached hydrogens (tertiary/aromatic N) is 1. The predicted octanol–water partition coefficient (Wildman–Crippen LogP) is 2.33. The Kier molecular flexibility index (Phi) is 1.46. The summed E-state index contributed by atoms with van der Waals surface area (Å²) in [4.78, 5) is 0. The normalized spacial score (nSPS) is 20.0. The molecule has 1 aliphatic carbocycles. The maximum Gasteiger partial charge on any atom is 0.139 e. The van der Waals surface area contributed by atoms with Gasteiger partial charge in [0, 0.05) is 12.0 Å². The highest BCUT2D eigenvalue weighted by Crippen LogP contribution is 2.33. The maximum absolute atomic E-state index is 5.07. The van der Waals surface area contributed by atoms with Crippen molar-refractivity contribution in [3.05, 3.63) is 18.0 Å². The molecule has 1 aromatic rings. The van der Waals surface area contributed by atoms with Crippen LogP contribution < -0.4 is 0 Å². The summed E-state index contributed by atoms with van der Waals surface area (Å²) in [5, 5.41) is 3.69. The molecule has 0 aromatic carbocycles. The number of rotatable bonds is 1. The molecule has 1 saturated carbocycles. The first-order valence-corrected chi connectivity index (χ1v) is 3.87. The van der Waals surface area contributed by atoms with Gasteiger partial charge in [-0.3, -0.25) is 0 Å². The van der Waals surface area contributed by atoms with E-state index in [1.807, 2.05) is 6.07 Å². The van der Waals surface area contributed by atoms with Crippen molar-refractivity contribution >= 4 is 0 Å². The lowest BCUT2D eigenvalue weighted by molar-refractivity contribution is 0.360. The predicted molar refractivity (Wildman–Crippen MR) is 37.7 cm³/mol. The lowest BCUT2D eigenvalue weighted by atomic mass is 10.1. The van der Waals surface area contributed by atoms with Gasteiger partial charge >= 0.3 is 0 Å². The Balaban J connectivity index is 2.12. The van der Waals surface area contributed by atoms with Gasteiger partial charge in [0.25, 0.3) is 0 Å². The van der Waals surface area contributed by atoms with E-state index < -0.39 is 0 Å². The first-order valence-electron chi connectivity index (χ1n) is 3.87. The summed E-state index contributed by atoms with van der Waals surface area (Å²) in [7, 11) is 0. The minimum absolute atomic E-state index is 0.669. The monoisotopic (exact) mass is 137 g/mol. The fourth-order valence-electron chi connectivity index (χ4n) is 1.65. The van der Waals surface area contributed by atoms with Gasteiger partial charge in [-0.1, -0.05) is 18.0 Å². The molecule has 0 amide bonds. The van der Waals surface area contributed by atoms with Crippen molar-refractivity contribution in [1.82, 2.24) is 5.16 Å². The third-order valence-corrected chi connectivity index (χ3v) is 2.22. The third-order valence-electron chi connectivity index (χ3n) is 2.22. The molecule has 10 heavy (non-hydrogen) atoms. The fourth-order valence-corrected chi connectivity index (χ4v) is 1.65. The molecule has 2 rings (SSSR count). The van der Waals surface area contributed by atoms with Crippen LogP contribution in [0.25, 0.3) is 0 Å². The first-order chi connectivity index (χ1) is 4.97. The number of aromatic nitrogens is 1. The van der Waals surface area contributed by atoms with E-state index in [1.165, 1.54) is 25.7 Å². The molecule has 2 nitrogen and oxygen atoms in total. The average molecular weight is 137 g/mol. The van der Waals surface area contributed by atoms with Crippen molar-refractivity contribution in [2.75, 3.05) is 0 Å². The minimum Gasteiger partial charge on any atom is -0.361 e. The molecule has 1 aliphatic rings. The lowest BCUT2D eigenvalue weighted by Gasteiger charge is -2.00. The maximum atomic E-state index is 5.07. The van der Waals surface area contributed by atoms with Gasteiger partial charge in [-0.15, -0.1) is 0 Å². The fraction of sp³-hybridized carbons (Fsp3) is 0.625. The van der Waals surface area contributed by atoms with Crippen LogP contribution in [0.3, 0.4) is 0 Å². The molecule has 0 aliphatic heterocycles. The zero-order chi connectivity index (χ0) is 6.81. The molecule has 54 valence electrons. The van der Waals surface area contributed by atoms with Crippen molar-refractivity contribution in [3.8, 4) is 0 Å². The van der Waals surface area contributed by atoms with Gasteiger partial charge in [0.05, 0.1) is 6.20 Å². The molecule has 1 heterocycles. The Morgan fingerprint density at radius 3 is 2.80 bits per heavy atom. The summed E-state index contributed by atoms with van der Waals surface area (Å²) < 4.78 is 5.07.